The first-order valence-electron chi connectivity index (χ1n) is 7.37. The molecule has 23 heavy (non-hydrogen) atoms. The Morgan fingerprint density at radius 2 is 1.70 bits per heavy atom. The first kappa shape index (κ1) is 17.5. The lowest BCUT2D eigenvalue weighted by atomic mass is 10.1. The number of aliphatic hydroxyl groups excluding tert-OH is 1. The molecule has 0 amide bonds. The SMILES string of the molecule is CCc1ccc(S(=O)(=O)NCC(O)c2ccc(OC)cc2)cc1. The van der Waals surface area contributed by atoms with Crippen molar-refractivity contribution in [3.05, 3.63) is 59.7 Å². The molecule has 0 heterocycles. The smallest absolute Gasteiger partial charge is 0.240 e. The monoisotopic (exact) mass is 335 g/mol. The molecule has 2 aromatic carbocycles. The second kappa shape index (κ2) is 7.59. The van der Waals surface area contributed by atoms with E-state index in [1.165, 1.54) is 0 Å². The molecule has 0 spiro atoms. The number of methoxy groups -OCH3 is 1. The lowest BCUT2D eigenvalue weighted by molar-refractivity contribution is 0.182. The summed E-state index contributed by atoms with van der Waals surface area (Å²) < 4.78 is 31.9. The molecule has 0 fully saturated rings. The average Bonchev–Trinajstić information content (AvgIpc) is 2.60. The summed E-state index contributed by atoms with van der Waals surface area (Å²) in [5.74, 6) is 0.678. The van der Waals surface area contributed by atoms with Gasteiger partial charge in [0, 0.05) is 6.54 Å². The molecule has 0 aliphatic rings. The van der Waals surface area contributed by atoms with Gasteiger partial charge in [-0.3, -0.25) is 0 Å². The average molecular weight is 335 g/mol. The van der Waals surface area contributed by atoms with Gasteiger partial charge >= 0.3 is 0 Å². The molecule has 0 aliphatic carbocycles. The molecule has 0 saturated heterocycles. The van der Waals surface area contributed by atoms with E-state index in [0.29, 0.717) is 11.3 Å². The highest BCUT2D eigenvalue weighted by Crippen LogP contribution is 2.18. The maximum atomic E-state index is 12.2. The number of sulfonamides is 1. The Kier molecular flexibility index (Phi) is 5.76. The quantitative estimate of drug-likeness (QED) is 0.814. The molecule has 1 unspecified atom stereocenters. The predicted octanol–water partition coefficient (Wildman–Crippen LogP) is 2.27. The first-order valence-corrected chi connectivity index (χ1v) is 8.85. The maximum absolute atomic E-state index is 12.2. The van der Waals surface area contributed by atoms with Crippen LogP contribution >= 0.6 is 0 Å². The summed E-state index contributed by atoms with van der Waals surface area (Å²) in [6.07, 6.45) is -0.0742. The van der Waals surface area contributed by atoms with Crippen molar-refractivity contribution < 1.29 is 18.3 Å². The molecule has 1 atom stereocenters. The summed E-state index contributed by atoms with van der Waals surface area (Å²) >= 11 is 0. The van der Waals surface area contributed by atoms with E-state index in [4.69, 9.17) is 4.74 Å². The molecule has 0 bridgehead atoms. The minimum Gasteiger partial charge on any atom is -0.497 e. The van der Waals surface area contributed by atoms with Crippen molar-refractivity contribution in [3.63, 3.8) is 0 Å². The highest BCUT2D eigenvalue weighted by molar-refractivity contribution is 7.89. The molecule has 0 aromatic heterocycles. The fraction of sp³-hybridized carbons (Fsp3) is 0.294. The number of ether oxygens (including phenoxy) is 1. The zero-order chi connectivity index (χ0) is 16.9. The van der Waals surface area contributed by atoms with E-state index in [1.54, 1.807) is 55.6 Å². The van der Waals surface area contributed by atoms with E-state index < -0.39 is 16.1 Å². The molecular weight excluding hydrogens is 314 g/mol. The highest BCUT2D eigenvalue weighted by Gasteiger charge is 2.16. The van der Waals surface area contributed by atoms with E-state index in [0.717, 1.165) is 12.0 Å². The first-order chi connectivity index (χ1) is 11.0. The van der Waals surface area contributed by atoms with Crippen LogP contribution in [0.5, 0.6) is 5.75 Å². The van der Waals surface area contributed by atoms with Crippen LogP contribution in [0.3, 0.4) is 0 Å². The van der Waals surface area contributed by atoms with Gasteiger partial charge in [-0.2, -0.15) is 0 Å². The van der Waals surface area contributed by atoms with Crippen molar-refractivity contribution in [1.82, 2.24) is 4.72 Å². The number of benzene rings is 2. The second-order valence-corrected chi connectivity index (χ2v) is 6.91. The van der Waals surface area contributed by atoms with Gasteiger partial charge in [-0.25, -0.2) is 13.1 Å². The standard InChI is InChI=1S/C17H21NO4S/c1-3-13-4-10-16(11-5-13)23(20,21)18-12-17(19)14-6-8-15(22-2)9-7-14/h4-11,17-19H,3,12H2,1-2H3. The van der Waals surface area contributed by atoms with Crippen LogP contribution in [-0.2, 0) is 16.4 Å². The summed E-state index contributed by atoms with van der Waals surface area (Å²) in [5.41, 5.74) is 1.69. The normalized spacial score (nSPS) is 12.8. The third-order valence-electron chi connectivity index (χ3n) is 3.61. The van der Waals surface area contributed by atoms with Gasteiger partial charge in [-0.1, -0.05) is 31.2 Å². The van der Waals surface area contributed by atoms with E-state index in [1.807, 2.05) is 6.92 Å². The van der Waals surface area contributed by atoms with Crippen LogP contribution in [0, 0.1) is 0 Å². The van der Waals surface area contributed by atoms with Gasteiger partial charge in [-0.05, 0) is 41.8 Å². The summed E-state index contributed by atoms with van der Waals surface area (Å²) in [7, 11) is -2.08. The molecule has 2 rings (SSSR count). The van der Waals surface area contributed by atoms with Crippen LogP contribution in [0.25, 0.3) is 0 Å². The zero-order valence-electron chi connectivity index (χ0n) is 13.2. The fourth-order valence-corrected chi connectivity index (χ4v) is 3.16. The second-order valence-electron chi connectivity index (χ2n) is 5.14. The molecule has 0 radical (unpaired) electrons. The van der Waals surface area contributed by atoms with Crippen LogP contribution in [0.1, 0.15) is 24.2 Å². The van der Waals surface area contributed by atoms with Crippen LogP contribution in [-0.4, -0.2) is 27.2 Å². The van der Waals surface area contributed by atoms with Crippen molar-refractivity contribution in [3.8, 4) is 5.75 Å². The maximum Gasteiger partial charge on any atom is 0.240 e. The molecule has 0 aliphatic heterocycles. The van der Waals surface area contributed by atoms with Crippen LogP contribution in [0.2, 0.25) is 0 Å². The lowest BCUT2D eigenvalue weighted by Gasteiger charge is -2.13. The van der Waals surface area contributed by atoms with Gasteiger partial charge in [0.05, 0.1) is 18.1 Å². The third kappa shape index (κ3) is 4.54. The van der Waals surface area contributed by atoms with Crippen molar-refractivity contribution in [2.24, 2.45) is 0 Å². The molecule has 2 aromatic rings. The Labute approximate surface area is 137 Å². The summed E-state index contributed by atoms with van der Waals surface area (Å²) in [5, 5.41) is 10.1. The lowest BCUT2D eigenvalue weighted by Crippen LogP contribution is -2.28. The van der Waals surface area contributed by atoms with Crippen LogP contribution in [0.15, 0.2) is 53.4 Å². The van der Waals surface area contributed by atoms with E-state index in [9.17, 15) is 13.5 Å². The highest BCUT2D eigenvalue weighted by atomic mass is 32.2. The molecule has 5 nitrogen and oxygen atoms in total. The Morgan fingerprint density at radius 1 is 1.09 bits per heavy atom. The number of aliphatic hydroxyl groups is 1. The Bertz CT molecular complexity index is 724. The van der Waals surface area contributed by atoms with Gasteiger partial charge in [0.25, 0.3) is 0 Å². The Morgan fingerprint density at radius 3 is 2.22 bits per heavy atom. The number of hydrogen-bond acceptors (Lipinski definition) is 4. The van der Waals surface area contributed by atoms with Crippen LogP contribution in [0.4, 0.5) is 0 Å². The molecule has 2 N–H and O–H groups in total. The minimum atomic E-state index is -3.64. The number of aryl methyl sites for hydroxylation is 1. The Hall–Kier alpha value is -1.89. The number of hydrogen-bond donors (Lipinski definition) is 2. The van der Waals surface area contributed by atoms with E-state index >= 15 is 0 Å². The summed E-state index contributed by atoms with van der Waals surface area (Å²) in [6.45, 7) is 1.91. The van der Waals surface area contributed by atoms with Gasteiger partial charge in [0.2, 0.25) is 10.0 Å². The van der Waals surface area contributed by atoms with Gasteiger partial charge in [-0.15, -0.1) is 0 Å². The van der Waals surface area contributed by atoms with Crippen molar-refractivity contribution in [2.75, 3.05) is 13.7 Å². The molecule has 0 saturated carbocycles. The fourth-order valence-electron chi connectivity index (χ4n) is 2.12. The Balaban J connectivity index is 2.02. The molecular formula is C17H21NO4S. The van der Waals surface area contributed by atoms with E-state index in [-0.39, 0.29) is 11.4 Å². The van der Waals surface area contributed by atoms with Gasteiger partial charge in [0.15, 0.2) is 0 Å². The zero-order valence-corrected chi connectivity index (χ0v) is 14.0. The van der Waals surface area contributed by atoms with E-state index in [2.05, 4.69) is 4.72 Å². The summed E-state index contributed by atoms with van der Waals surface area (Å²) in [4.78, 5) is 0.191. The van der Waals surface area contributed by atoms with Crippen molar-refractivity contribution >= 4 is 10.0 Å². The predicted molar refractivity (Wildman–Crippen MR) is 89.0 cm³/mol. The van der Waals surface area contributed by atoms with Crippen LogP contribution < -0.4 is 9.46 Å². The van der Waals surface area contributed by atoms with Gasteiger partial charge in [0.1, 0.15) is 5.75 Å². The molecule has 124 valence electrons. The number of nitrogens with one attached hydrogen (secondary N) is 1. The minimum absolute atomic E-state index is 0.0931. The van der Waals surface area contributed by atoms with Crippen molar-refractivity contribution in [1.29, 1.82) is 0 Å². The van der Waals surface area contributed by atoms with Gasteiger partial charge < -0.3 is 9.84 Å². The summed E-state index contributed by atoms with van der Waals surface area (Å²) in [6, 6.07) is 13.6. The largest absolute Gasteiger partial charge is 0.497 e. The number of rotatable bonds is 7. The topological polar surface area (TPSA) is 75.6 Å². The third-order valence-corrected chi connectivity index (χ3v) is 5.05. The van der Waals surface area contributed by atoms with Crippen molar-refractivity contribution in [2.45, 2.75) is 24.3 Å². The molecule has 6 heteroatoms.